The van der Waals surface area contributed by atoms with E-state index < -0.39 is 16.8 Å². The van der Waals surface area contributed by atoms with E-state index in [4.69, 9.17) is 23.1 Å². The van der Waals surface area contributed by atoms with Gasteiger partial charge in [0.05, 0.1) is 20.4 Å². The molecule has 0 saturated carbocycles. The summed E-state index contributed by atoms with van der Waals surface area (Å²) in [7, 11) is 0. The molecule has 0 aliphatic rings. The van der Waals surface area contributed by atoms with Crippen LogP contribution in [0, 0.1) is 17.0 Å². The number of carbonyl (C=O) groups is 1. The Morgan fingerprint density at radius 3 is 2.50 bits per heavy atom. The monoisotopic (exact) mass is 364 g/mol. The van der Waals surface area contributed by atoms with E-state index in [0.717, 1.165) is 11.8 Å². The van der Waals surface area contributed by atoms with Gasteiger partial charge in [0.2, 0.25) is 0 Å². The minimum atomic E-state index is -0.732. The van der Waals surface area contributed by atoms with E-state index >= 15 is 0 Å². The number of hydrogen-bond donors (Lipinski definition) is 2. The number of nitro benzene ring substituents is 1. The smallest absolute Gasteiger partial charge is 0.284 e. The Bertz CT molecular complexity index is 851. The molecule has 0 heterocycles. The number of halogens is 1. The van der Waals surface area contributed by atoms with Crippen LogP contribution in [-0.2, 0) is 0 Å². The number of nitrogens with zero attached hydrogens (tertiary/aromatic N) is 2. The predicted octanol–water partition coefficient (Wildman–Crippen LogP) is 3.12. The molecule has 9 heteroatoms. The quantitative estimate of drug-likeness (QED) is 0.371. The summed E-state index contributed by atoms with van der Waals surface area (Å²) in [4.78, 5) is 27.2. The van der Waals surface area contributed by atoms with Crippen LogP contribution in [0.15, 0.2) is 51.2 Å². The van der Waals surface area contributed by atoms with Crippen molar-refractivity contribution in [2.45, 2.75) is 16.7 Å². The Balaban J connectivity index is 2.52. The van der Waals surface area contributed by atoms with Gasteiger partial charge in [-0.25, -0.2) is 0 Å². The van der Waals surface area contributed by atoms with Crippen LogP contribution in [0.5, 0.6) is 0 Å². The van der Waals surface area contributed by atoms with Crippen LogP contribution in [0.25, 0.3) is 0 Å². The van der Waals surface area contributed by atoms with Crippen LogP contribution in [0.1, 0.15) is 15.9 Å². The normalized spacial score (nSPS) is 10.2. The molecule has 124 valence electrons. The lowest BCUT2D eigenvalue weighted by Gasteiger charge is -2.08. The van der Waals surface area contributed by atoms with Crippen LogP contribution in [0.3, 0.4) is 0 Å². The molecule has 2 aromatic rings. The van der Waals surface area contributed by atoms with Crippen molar-refractivity contribution in [2.24, 2.45) is 16.5 Å². The molecule has 0 aromatic heterocycles. The molecule has 1 amide bonds. The summed E-state index contributed by atoms with van der Waals surface area (Å²) in [5.74, 6) is -1.14. The van der Waals surface area contributed by atoms with Gasteiger partial charge in [-0.3, -0.25) is 14.9 Å². The Labute approximate surface area is 146 Å². The van der Waals surface area contributed by atoms with Crippen molar-refractivity contribution in [3.8, 4) is 0 Å². The number of aliphatic imine (C=N–C) groups is 1. The lowest BCUT2D eigenvalue weighted by molar-refractivity contribution is -0.387. The minimum absolute atomic E-state index is 0.0682. The van der Waals surface area contributed by atoms with Gasteiger partial charge in [0.15, 0.2) is 5.96 Å². The highest BCUT2D eigenvalue weighted by molar-refractivity contribution is 7.99. The molecular formula is C15H13ClN4O3S. The number of nitrogens with two attached hydrogens (primary N) is 2. The third kappa shape index (κ3) is 4.03. The van der Waals surface area contributed by atoms with Crippen LogP contribution >= 0.6 is 23.4 Å². The summed E-state index contributed by atoms with van der Waals surface area (Å²) in [6.07, 6.45) is 0. The first-order valence-corrected chi connectivity index (χ1v) is 7.84. The fourth-order valence-corrected chi connectivity index (χ4v) is 3.22. The van der Waals surface area contributed by atoms with Gasteiger partial charge in [-0.15, -0.1) is 0 Å². The maximum absolute atomic E-state index is 12.0. The van der Waals surface area contributed by atoms with Crippen molar-refractivity contribution in [2.75, 3.05) is 0 Å². The SMILES string of the molecule is Cc1cc(Sc2ccccc2Cl)c([N+](=O)[O-])cc1C(=O)N=C(N)N. The van der Waals surface area contributed by atoms with Crippen molar-refractivity contribution in [3.05, 3.63) is 62.7 Å². The molecule has 0 bridgehead atoms. The maximum atomic E-state index is 12.0. The number of aryl methyl sites for hydroxylation is 1. The Morgan fingerprint density at radius 1 is 1.25 bits per heavy atom. The van der Waals surface area contributed by atoms with Crippen LogP contribution in [-0.4, -0.2) is 16.8 Å². The second-order valence-electron chi connectivity index (χ2n) is 4.77. The topological polar surface area (TPSA) is 125 Å². The van der Waals surface area contributed by atoms with E-state index in [2.05, 4.69) is 4.99 Å². The Morgan fingerprint density at radius 2 is 1.92 bits per heavy atom. The molecule has 0 saturated heterocycles. The second-order valence-corrected chi connectivity index (χ2v) is 6.26. The molecule has 2 aromatic carbocycles. The molecule has 0 aliphatic carbocycles. The summed E-state index contributed by atoms with van der Waals surface area (Å²) < 4.78 is 0. The van der Waals surface area contributed by atoms with Crippen molar-refractivity contribution in [3.63, 3.8) is 0 Å². The number of carbonyl (C=O) groups excluding carboxylic acids is 1. The third-order valence-corrected chi connectivity index (χ3v) is 4.58. The molecule has 7 nitrogen and oxygen atoms in total. The van der Waals surface area contributed by atoms with Gasteiger partial charge in [0.25, 0.3) is 11.6 Å². The van der Waals surface area contributed by atoms with Gasteiger partial charge in [0, 0.05) is 11.0 Å². The van der Waals surface area contributed by atoms with E-state index in [9.17, 15) is 14.9 Å². The van der Waals surface area contributed by atoms with Gasteiger partial charge in [-0.2, -0.15) is 4.99 Å². The second kappa shape index (κ2) is 7.33. The van der Waals surface area contributed by atoms with Crippen LogP contribution in [0.4, 0.5) is 5.69 Å². The zero-order valence-corrected chi connectivity index (χ0v) is 14.1. The summed E-state index contributed by atoms with van der Waals surface area (Å²) in [5, 5.41) is 11.8. The minimum Gasteiger partial charge on any atom is -0.370 e. The summed E-state index contributed by atoms with van der Waals surface area (Å²) >= 11 is 7.24. The first kappa shape index (κ1) is 17.8. The zero-order valence-electron chi connectivity index (χ0n) is 12.5. The average molecular weight is 365 g/mol. The largest absolute Gasteiger partial charge is 0.370 e. The van der Waals surface area contributed by atoms with Gasteiger partial charge in [0.1, 0.15) is 0 Å². The van der Waals surface area contributed by atoms with E-state index in [1.54, 1.807) is 37.3 Å². The number of guanidine groups is 1. The lowest BCUT2D eigenvalue weighted by Crippen LogP contribution is -2.24. The number of amides is 1. The fraction of sp³-hybridized carbons (Fsp3) is 0.0667. The lowest BCUT2D eigenvalue weighted by atomic mass is 10.1. The van der Waals surface area contributed by atoms with Crippen LogP contribution in [0.2, 0.25) is 5.02 Å². The fourth-order valence-electron chi connectivity index (χ4n) is 1.95. The van der Waals surface area contributed by atoms with E-state index in [0.29, 0.717) is 20.4 Å². The molecule has 0 fully saturated rings. The first-order valence-electron chi connectivity index (χ1n) is 6.65. The zero-order chi connectivity index (χ0) is 17.9. The molecular weight excluding hydrogens is 352 g/mol. The number of hydrogen-bond acceptors (Lipinski definition) is 4. The van der Waals surface area contributed by atoms with Gasteiger partial charge >= 0.3 is 0 Å². The van der Waals surface area contributed by atoms with E-state index in [1.165, 1.54) is 6.07 Å². The van der Waals surface area contributed by atoms with Gasteiger partial charge in [-0.05, 0) is 30.7 Å². The summed E-state index contributed by atoms with van der Waals surface area (Å²) in [6, 6.07) is 9.71. The molecule has 24 heavy (non-hydrogen) atoms. The third-order valence-electron chi connectivity index (χ3n) is 3.02. The number of nitro groups is 1. The van der Waals surface area contributed by atoms with Crippen molar-refractivity contribution in [1.29, 1.82) is 0 Å². The highest BCUT2D eigenvalue weighted by atomic mass is 35.5. The molecule has 0 aliphatic heterocycles. The van der Waals surface area contributed by atoms with Crippen molar-refractivity contribution >= 4 is 40.9 Å². The van der Waals surface area contributed by atoms with Crippen molar-refractivity contribution < 1.29 is 9.72 Å². The highest BCUT2D eigenvalue weighted by Gasteiger charge is 2.21. The Kier molecular flexibility index (Phi) is 5.42. The first-order chi connectivity index (χ1) is 11.3. The molecule has 0 radical (unpaired) electrons. The maximum Gasteiger partial charge on any atom is 0.284 e. The number of benzene rings is 2. The summed E-state index contributed by atoms with van der Waals surface area (Å²) in [6.45, 7) is 1.65. The standard InChI is InChI=1S/C15H13ClN4O3S/c1-8-6-13(24-12-5-3-2-4-10(12)16)11(20(22)23)7-9(8)14(21)19-15(17)18/h2-7H,1H3,(H4,17,18,19,21). The molecule has 0 unspecified atom stereocenters. The van der Waals surface area contributed by atoms with E-state index in [-0.39, 0.29) is 11.3 Å². The predicted molar refractivity (Wildman–Crippen MR) is 93.5 cm³/mol. The molecule has 0 spiro atoms. The molecule has 4 N–H and O–H groups in total. The van der Waals surface area contributed by atoms with Crippen molar-refractivity contribution in [1.82, 2.24) is 0 Å². The van der Waals surface area contributed by atoms with Gasteiger partial charge < -0.3 is 11.5 Å². The van der Waals surface area contributed by atoms with E-state index in [1.807, 2.05) is 0 Å². The average Bonchev–Trinajstić information content (AvgIpc) is 2.48. The Hall–Kier alpha value is -2.58. The molecule has 2 rings (SSSR count). The highest BCUT2D eigenvalue weighted by Crippen LogP contribution is 2.39. The molecule has 0 atom stereocenters. The van der Waals surface area contributed by atoms with Gasteiger partial charge in [-0.1, -0.05) is 35.5 Å². The summed E-state index contributed by atoms with van der Waals surface area (Å²) in [5.41, 5.74) is 10.7. The number of rotatable bonds is 4. The van der Waals surface area contributed by atoms with Crippen LogP contribution < -0.4 is 11.5 Å².